The molecule has 122 valence electrons. The molecular formula is C20H21N3O. The smallest absolute Gasteiger partial charge is 0.254 e. The number of rotatable bonds is 6. The molecule has 3 rings (SSSR count). The van der Waals surface area contributed by atoms with Crippen LogP contribution in [0.1, 0.15) is 34.3 Å². The first-order valence-electron chi connectivity index (χ1n) is 8.12. The van der Waals surface area contributed by atoms with E-state index in [1.807, 2.05) is 48.5 Å². The SMILES string of the molecule is C[C@H](CNC(=O)c1cnn(Cc2ccccc2)c1)c1ccccc1. The molecule has 3 aromatic rings. The second-order valence-corrected chi connectivity index (χ2v) is 5.93. The molecule has 24 heavy (non-hydrogen) atoms. The van der Waals surface area contributed by atoms with Gasteiger partial charge in [-0.2, -0.15) is 5.10 Å². The molecule has 0 bridgehead atoms. The van der Waals surface area contributed by atoms with Gasteiger partial charge in [0.1, 0.15) is 0 Å². The third-order valence-corrected chi connectivity index (χ3v) is 4.02. The summed E-state index contributed by atoms with van der Waals surface area (Å²) >= 11 is 0. The maximum absolute atomic E-state index is 12.3. The average molecular weight is 319 g/mol. The molecule has 0 aliphatic rings. The van der Waals surface area contributed by atoms with Crippen molar-refractivity contribution in [2.45, 2.75) is 19.4 Å². The Kier molecular flexibility index (Phi) is 5.06. The normalized spacial score (nSPS) is 11.9. The summed E-state index contributed by atoms with van der Waals surface area (Å²) in [4.78, 5) is 12.3. The molecule has 0 saturated heterocycles. The highest BCUT2D eigenvalue weighted by molar-refractivity contribution is 5.93. The van der Waals surface area contributed by atoms with E-state index >= 15 is 0 Å². The molecular weight excluding hydrogens is 298 g/mol. The van der Waals surface area contributed by atoms with Gasteiger partial charge in [-0.3, -0.25) is 9.48 Å². The third kappa shape index (κ3) is 4.10. The first-order chi connectivity index (χ1) is 11.7. The van der Waals surface area contributed by atoms with Crippen molar-refractivity contribution in [2.75, 3.05) is 6.54 Å². The van der Waals surface area contributed by atoms with Crippen LogP contribution in [0.15, 0.2) is 73.1 Å². The van der Waals surface area contributed by atoms with E-state index in [-0.39, 0.29) is 11.8 Å². The van der Waals surface area contributed by atoms with Crippen LogP contribution in [0.4, 0.5) is 0 Å². The Morgan fingerprint density at radius 2 is 1.75 bits per heavy atom. The second-order valence-electron chi connectivity index (χ2n) is 5.93. The van der Waals surface area contributed by atoms with Crippen molar-refractivity contribution in [3.05, 3.63) is 89.7 Å². The number of amides is 1. The highest BCUT2D eigenvalue weighted by atomic mass is 16.1. The van der Waals surface area contributed by atoms with Crippen LogP contribution in [0.25, 0.3) is 0 Å². The third-order valence-electron chi connectivity index (χ3n) is 4.02. The van der Waals surface area contributed by atoms with E-state index in [1.165, 1.54) is 5.56 Å². The summed E-state index contributed by atoms with van der Waals surface area (Å²) in [7, 11) is 0. The molecule has 0 saturated carbocycles. The van der Waals surface area contributed by atoms with Crippen molar-refractivity contribution in [1.29, 1.82) is 0 Å². The van der Waals surface area contributed by atoms with Gasteiger partial charge in [-0.15, -0.1) is 0 Å². The van der Waals surface area contributed by atoms with Gasteiger partial charge in [0.15, 0.2) is 0 Å². The molecule has 0 spiro atoms. The summed E-state index contributed by atoms with van der Waals surface area (Å²) in [6, 6.07) is 20.3. The molecule has 0 aliphatic carbocycles. The van der Waals surface area contributed by atoms with E-state index in [0.29, 0.717) is 18.7 Å². The maximum Gasteiger partial charge on any atom is 0.254 e. The molecule has 1 N–H and O–H groups in total. The number of aromatic nitrogens is 2. The lowest BCUT2D eigenvalue weighted by molar-refractivity contribution is 0.0951. The van der Waals surface area contributed by atoms with Crippen LogP contribution in [0, 0.1) is 0 Å². The first kappa shape index (κ1) is 16.0. The summed E-state index contributed by atoms with van der Waals surface area (Å²) in [5, 5.41) is 7.26. The summed E-state index contributed by atoms with van der Waals surface area (Å²) in [5.41, 5.74) is 2.97. The summed E-state index contributed by atoms with van der Waals surface area (Å²) < 4.78 is 1.78. The minimum absolute atomic E-state index is 0.0860. The molecule has 0 fully saturated rings. The molecule has 1 atom stereocenters. The Morgan fingerprint density at radius 3 is 2.46 bits per heavy atom. The van der Waals surface area contributed by atoms with Gasteiger partial charge in [0.05, 0.1) is 18.3 Å². The predicted molar refractivity (Wildman–Crippen MR) is 95.0 cm³/mol. The number of hydrogen-bond acceptors (Lipinski definition) is 2. The van der Waals surface area contributed by atoms with E-state index in [1.54, 1.807) is 17.1 Å². The van der Waals surface area contributed by atoms with Gasteiger partial charge in [0, 0.05) is 12.7 Å². The van der Waals surface area contributed by atoms with Crippen molar-refractivity contribution >= 4 is 5.91 Å². The van der Waals surface area contributed by atoms with Crippen molar-refractivity contribution < 1.29 is 4.79 Å². The van der Waals surface area contributed by atoms with Crippen LogP contribution < -0.4 is 5.32 Å². The van der Waals surface area contributed by atoms with Crippen LogP contribution in [-0.2, 0) is 6.54 Å². The molecule has 1 heterocycles. The van der Waals surface area contributed by atoms with Gasteiger partial charge < -0.3 is 5.32 Å². The Bertz CT molecular complexity index is 781. The van der Waals surface area contributed by atoms with Crippen LogP contribution in [0.3, 0.4) is 0 Å². The molecule has 4 nitrogen and oxygen atoms in total. The fourth-order valence-corrected chi connectivity index (χ4v) is 2.59. The van der Waals surface area contributed by atoms with Crippen molar-refractivity contribution in [3.8, 4) is 0 Å². The predicted octanol–water partition coefficient (Wildman–Crippen LogP) is 3.46. The summed E-state index contributed by atoms with van der Waals surface area (Å²) in [6.45, 7) is 3.37. The van der Waals surface area contributed by atoms with E-state index in [0.717, 1.165) is 5.56 Å². The fourth-order valence-electron chi connectivity index (χ4n) is 2.59. The second kappa shape index (κ2) is 7.59. The quantitative estimate of drug-likeness (QED) is 0.756. The largest absolute Gasteiger partial charge is 0.351 e. The lowest BCUT2D eigenvalue weighted by Crippen LogP contribution is -2.27. The fraction of sp³-hybridized carbons (Fsp3) is 0.200. The van der Waals surface area contributed by atoms with Gasteiger partial charge in [-0.25, -0.2) is 0 Å². The number of nitrogens with one attached hydrogen (secondary N) is 1. The van der Waals surface area contributed by atoms with Crippen LogP contribution in [0.5, 0.6) is 0 Å². The molecule has 0 unspecified atom stereocenters. The van der Waals surface area contributed by atoms with Crippen LogP contribution in [0.2, 0.25) is 0 Å². The van der Waals surface area contributed by atoms with E-state index in [2.05, 4.69) is 29.5 Å². The number of benzene rings is 2. The minimum atomic E-state index is -0.0860. The topological polar surface area (TPSA) is 46.9 Å². The standard InChI is InChI=1S/C20H21N3O/c1-16(18-10-6-3-7-11-18)12-21-20(24)19-13-22-23(15-19)14-17-8-4-2-5-9-17/h2-11,13,15-16H,12,14H2,1H3,(H,21,24)/t16-/m1/s1. The number of nitrogens with zero attached hydrogens (tertiary/aromatic N) is 2. The zero-order valence-electron chi connectivity index (χ0n) is 13.7. The van der Waals surface area contributed by atoms with Gasteiger partial charge in [-0.05, 0) is 17.0 Å². The first-order valence-corrected chi connectivity index (χ1v) is 8.12. The molecule has 0 aliphatic heterocycles. The minimum Gasteiger partial charge on any atom is -0.351 e. The van der Waals surface area contributed by atoms with Crippen LogP contribution >= 0.6 is 0 Å². The van der Waals surface area contributed by atoms with E-state index in [9.17, 15) is 4.79 Å². The average Bonchev–Trinajstić information content (AvgIpc) is 3.09. The van der Waals surface area contributed by atoms with Crippen molar-refractivity contribution in [3.63, 3.8) is 0 Å². The molecule has 0 radical (unpaired) electrons. The van der Waals surface area contributed by atoms with Crippen molar-refractivity contribution in [2.24, 2.45) is 0 Å². The zero-order valence-corrected chi connectivity index (χ0v) is 13.7. The Morgan fingerprint density at radius 1 is 1.08 bits per heavy atom. The van der Waals surface area contributed by atoms with Crippen LogP contribution in [-0.4, -0.2) is 22.2 Å². The van der Waals surface area contributed by atoms with Gasteiger partial charge >= 0.3 is 0 Å². The summed E-state index contributed by atoms with van der Waals surface area (Å²) in [6.07, 6.45) is 3.40. The van der Waals surface area contributed by atoms with Gasteiger partial charge in [0.25, 0.3) is 5.91 Å². The lowest BCUT2D eigenvalue weighted by Gasteiger charge is -2.12. The number of carbonyl (C=O) groups excluding carboxylic acids is 1. The molecule has 1 aromatic heterocycles. The Hall–Kier alpha value is -2.88. The Balaban J connectivity index is 1.56. The zero-order chi connectivity index (χ0) is 16.8. The molecule has 2 aromatic carbocycles. The monoisotopic (exact) mass is 319 g/mol. The van der Waals surface area contributed by atoms with Crippen molar-refractivity contribution in [1.82, 2.24) is 15.1 Å². The lowest BCUT2D eigenvalue weighted by atomic mass is 10.0. The molecule has 1 amide bonds. The van der Waals surface area contributed by atoms with Gasteiger partial charge in [-0.1, -0.05) is 67.6 Å². The highest BCUT2D eigenvalue weighted by Crippen LogP contribution is 2.13. The highest BCUT2D eigenvalue weighted by Gasteiger charge is 2.11. The van der Waals surface area contributed by atoms with E-state index in [4.69, 9.17) is 0 Å². The number of carbonyl (C=O) groups is 1. The number of hydrogen-bond donors (Lipinski definition) is 1. The summed E-state index contributed by atoms with van der Waals surface area (Å²) in [5.74, 6) is 0.187. The molecule has 4 heteroatoms. The maximum atomic E-state index is 12.3. The Labute approximate surface area is 142 Å². The van der Waals surface area contributed by atoms with Gasteiger partial charge in [0.2, 0.25) is 0 Å². The van der Waals surface area contributed by atoms with E-state index < -0.39 is 0 Å².